The molecule has 0 spiro atoms. The van der Waals surface area contributed by atoms with Crippen LogP contribution in [0.1, 0.15) is 0 Å². The monoisotopic (exact) mass is 226 g/mol. The topological polar surface area (TPSA) is 159 Å². The van der Waals surface area contributed by atoms with Crippen molar-refractivity contribution in [3.05, 3.63) is 0 Å². The largest absolute Gasteiger partial charge is 0.479 e. The summed E-state index contributed by atoms with van der Waals surface area (Å²) in [5.41, 5.74) is 0. The van der Waals surface area contributed by atoms with Crippen molar-refractivity contribution in [3.8, 4) is 0 Å². The lowest BCUT2D eigenvalue weighted by atomic mass is 9.99. The molecule has 7 N–H and O–H groups in total. The van der Waals surface area contributed by atoms with Crippen LogP contribution in [0.3, 0.4) is 0 Å². The highest BCUT2D eigenvalue weighted by Crippen LogP contribution is 2.08. The number of carbonyl (C=O) groups is 1. The molecule has 8 heteroatoms. The van der Waals surface area contributed by atoms with E-state index in [2.05, 4.69) is 0 Å². The Balaban J connectivity index is 4.42. The molecule has 0 amide bonds. The van der Waals surface area contributed by atoms with Crippen LogP contribution in [0.15, 0.2) is 0 Å². The summed E-state index contributed by atoms with van der Waals surface area (Å²) in [5, 5.41) is 61.5. The van der Waals surface area contributed by atoms with Crippen molar-refractivity contribution >= 4 is 5.97 Å². The number of carboxylic acid groups (broad SMARTS) is 1. The molecule has 0 fully saturated rings. The predicted molar refractivity (Wildman–Crippen MR) is 44.8 cm³/mol. The van der Waals surface area contributed by atoms with E-state index in [4.69, 9.17) is 35.7 Å². The molecule has 0 bridgehead atoms. The molecule has 0 saturated carbocycles. The van der Waals surface area contributed by atoms with E-state index >= 15 is 0 Å². The normalized spacial score (nSPS) is 21.5. The van der Waals surface area contributed by atoms with Crippen LogP contribution >= 0.6 is 0 Å². The van der Waals surface area contributed by atoms with Crippen molar-refractivity contribution in [1.29, 1.82) is 0 Å². The molecule has 0 aromatic carbocycles. The van der Waals surface area contributed by atoms with Crippen molar-refractivity contribution in [2.45, 2.75) is 30.5 Å². The Labute approximate surface area is 84.7 Å². The summed E-state index contributed by atoms with van der Waals surface area (Å²) in [4.78, 5) is 10.2. The molecule has 0 aromatic rings. The number of carboxylic acids is 1. The van der Waals surface area contributed by atoms with Gasteiger partial charge in [-0.1, -0.05) is 0 Å². The van der Waals surface area contributed by atoms with Crippen molar-refractivity contribution in [1.82, 2.24) is 0 Å². The van der Waals surface area contributed by atoms with E-state index < -0.39 is 43.1 Å². The van der Waals surface area contributed by atoms with E-state index in [9.17, 15) is 4.79 Å². The van der Waals surface area contributed by atoms with Gasteiger partial charge in [-0.25, -0.2) is 4.79 Å². The first-order chi connectivity index (χ1) is 6.82. The third kappa shape index (κ3) is 3.70. The van der Waals surface area contributed by atoms with Crippen LogP contribution < -0.4 is 0 Å². The molecule has 0 aliphatic heterocycles. The molecule has 5 atom stereocenters. The van der Waals surface area contributed by atoms with Gasteiger partial charge in [0.05, 0.1) is 6.61 Å². The second-order valence-corrected chi connectivity index (χ2v) is 3.00. The zero-order valence-electron chi connectivity index (χ0n) is 7.63. The zero-order valence-corrected chi connectivity index (χ0v) is 7.63. The van der Waals surface area contributed by atoms with Gasteiger partial charge < -0.3 is 35.7 Å². The van der Waals surface area contributed by atoms with Gasteiger partial charge in [0.25, 0.3) is 0 Å². The van der Waals surface area contributed by atoms with Crippen LogP contribution in [-0.4, -0.2) is 78.8 Å². The Bertz CT molecular complexity index is 207. The van der Waals surface area contributed by atoms with Gasteiger partial charge in [-0.05, 0) is 0 Å². The maximum Gasteiger partial charge on any atom is 0.335 e. The number of aliphatic hydroxyl groups is 6. The van der Waals surface area contributed by atoms with Gasteiger partial charge in [0.15, 0.2) is 6.10 Å². The SMILES string of the molecule is O=C(O)[C@@H](O)C(O)[C@@H](O)[C@H](O)C(O)CO. The number of hydrogen-bond donors (Lipinski definition) is 7. The Hall–Kier alpha value is -0.770. The van der Waals surface area contributed by atoms with Crippen molar-refractivity contribution < 1.29 is 40.5 Å². The summed E-state index contributed by atoms with van der Waals surface area (Å²) < 4.78 is 0. The van der Waals surface area contributed by atoms with Crippen LogP contribution in [-0.2, 0) is 4.79 Å². The Morgan fingerprint density at radius 2 is 1.40 bits per heavy atom. The van der Waals surface area contributed by atoms with Crippen LogP contribution in [0.5, 0.6) is 0 Å². The minimum atomic E-state index is -2.29. The molecule has 0 aliphatic rings. The summed E-state index contributed by atoms with van der Waals surface area (Å²) in [5.74, 6) is -1.78. The molecule has 8 nitrogen and oxygen atoms in total. The fourth-order valence-electron chi connectivity index (χ4n) is 0.870. The first kappa shape index (κ1) is 14.2. The highest BCUT2D eigenvalue weighted by molar-refractivity contribution is 5.72. The smallest absolute Gasteiger partial charge is 0.335 e. The van der Waals surface area contributed by atoms with Crippen LogP contribution in [0.25, 0.3) is 0 Å². The second kappa shape index (κ2) is 5.95. The third-order valence-corrected chi connectivity index (χ3v) is 1.86. The lowest BCUT2D eigenvalue weighted by Gasteiger charge is -2.26. The minimum Gasteiger partial charge on any atom is -0.479 e. The molecule has 0 aromatic heterocycles. The third-order valence-electron chi connectivity index (χ3n) is 1.86. The van der Waals surface area contributed by atoms with E-state index in [1.165, 1.54) is 0 Å². The maximum absolute atomic E-state index is 10.2. The molecule has 2 unspecified atom stereocenters. The van der Waals surface area contributed by atoms with Gasteiger partial charge in [-0.3, -0.25) is 0 Å². The second-order valence-electron chi connectivity index (χ2n) is 3.00. The lowest BCUT2D eigenvalue weighted by Crippen LogP contribution is -2.51. The van der Waals surface area contributed by atoms with Gasteiger partial charge in [-0.15, -0.1) is 0 Å². The highest BCUT2D eigenvalue weighted by Gasteiger charge is 2.36. The average molecular weight is 226 g/mol. The standard InChI is InChI=1S/C7H14O8/c8-1-2(9)3(10)4(11)5(12)6(13)7(14)15/h2-6,8-13H,1H2,(H,14,15)/t2?,3-,4+,5?,6+/m1/s1. The highest BCUT2D eigenvalue weighted by atomic mass is 16.4. The number of aliphatic hydroxyl groups excluding tert-OH is 6. The van der Waals surface area contributed by atoms with Gasteiger partial charge in [0, 0.05) is 0 Å². The Kier molecular flexibility index (Phi) is 5.65. The zero-order chi connectivity index (χ0) is 12.2. The van der Waals surface area contributed by atoms with Gasteiger partial charge in [-0.2, -0.15) is 0 Å². The molecule has 0 rings (SSSR count). The Morgan fingerprint density at radius 3 is 1.73 bits per heavy atom. The quantitative estimate of drug-likeness (QED) is 0.240. The molecule has 15 heavy (non-hydrogen) atoms. The van der Waals surface area contributed by atoms with Crippen molar-refractivity contribution in [3.63, 3.8) is 0 Å². The summed E-state index contributed by atoms with van der Waals surface area (Å²) in [7, 11) is 0. The molecular weight excluding hydrogens is 212 g/mol. The van der Waals surface area contributed by atoms with Gasteiger partial charge >= 0.3 is 5.97 Å². The fourth-order valence-corrected chi connectivity index (χ4v) is 0.870. The summed E-state index contributed by atoms with van der Waals surface area (Å²) in [6.45, 7) is -0.881. The summed E-state index contributed by atoms with van der Waals surface area (Å²) in [6.07, 6.45) is -10.2. The van der Waals surface area contributed by atoms with Crippen molar-refractivity contribution in [2.75, 3.05) is 6.61 Å². The minimum absolute atomic E-state index is 0.881. The van der Waals surface area contributed by atoms with E-state index in [1.54, 1.807) is 0 Å². The van der Waals surface area contributed by atoms with E-state index in [1.807, 2.05) is 0 Å². The molecule has 0 aliphatic carbocycles. The summed E-state index contributed by atoms with van der Waals surface area (Å²) in [6, 6.07) is 0. The van der Waals surface area contributed by atoms with Gasteiger partial charge in [0.1, 0.15) is 24.4 Å². The predicted octanol–water partition coefficient (Wildman–Crippen LogP) is -4.13. The van der Waals surface area contributed by atoms with Crippen molar-refractivity contribution in [2.24, 2.45) is 0 Å². The lowest BCUT2D eigenvalue weighted by molar-refractivity contribution is -0.169. The van der Waals surface area contributed by atoms with E-state index in [0.717, 1.165) is 0 Å². The van der Waals surface area contributed by atoms with Crippen LogP contribution in [0.4, 0.5) is 0 Å². The number of rotatable bonds is 6. The molecule has 0 heterocycles. The molecular formula is C7H14O8. The first-order valence-corrected chi connectivity index (χ1v) is 4.07. The molecule has 0 saturated heterocycles. The maximum atomic E-state index is 10.2. The number of aliphatic carboxylic acids is 1. The number of hydrogen-bond acceptors (Lipinski definition) is 7. The van der Waals surface area contributed by atoms with E-state index in [0.29, 0.717) is 0 Å². The summed E-state index contributed by atoms with van der Waals surface area (Å²) >= 11 is 0. The van der Waals surface area contributed by atoms with Gasteiger partial charge in [0.2, 0.25) is 0 Å². The van der Waals surface area contributed by atoms with Crippen LogP contribution in [0, 0.1) is 0 Å². The Morgan fingerprint density at radius 1 is 0.933 bits per heavy atom. The molecule has 90 valence electrons. The first-order valence-electron chi connectivity index (χ1n) is 4.07. The average Bonchev–Trinajstić information content (AvgIpc) is 2.23. The van der Waals surface area contributed by atoms with E-state index in [-0.39, 0.29) is 0 Å². The molecule has 0 radical (unpaired) electrons. The fraction of sp³-hybridized carbons (Fsp3) is 0.857. The van der Waals surface area contributed by atoms with Crippen LogP contribution in [0.2, 0.25) is 0 Å².